The van der Waals surface area contributed by atoms with Gasteiger partial charge in [-0.25, -0.2) is 0 Å². The van der Waals surface area contributed by atoms with Gasteiger partial charge in [-0.1, -0.05) is 42.0 Å². The van der Waals surface area contributed by atoms with E-state index >= 15 is 0 Å². The van der Waals surface area contributed by atoms with Gasteiger partial charge in [0, 0.05) is 17.0 Å². The van der Waals surface area contributed by atoms with Crippen molar-refractivity contribution in [3.05, 3.63) is 77.5 Å². The van der Waals surface area contributed by atoms with Gasteiger partial charge in [0.2, 0.25) is 5.52 Å². The normalized spacial score (nSPS) is 9.90. The second-order valence-electron chi connectivity index (χ2n) is 5.01. The fourth-order valence-electron chi connectivity index (χ4n) is 2.40. The summed E-state index contributed by atoms with van der Waals surface area (Å²) in [6, 6.07) is 20.8. The van der Waals surface area contributed by atoms with Crippen molar-refractivity contribution < 1.29 is 21.5 Å². The van der Waals surface area contributed by atoms with Crippen LogP contribution >= 0.6 is 0 Å². The van der Waals surface area contributed by atoms with Gasteiger partial charge in [-0.2, -0.15) is 9.83 Å². The van der Waals surface area contributed by atoms with Crippen molar-refractivity contribution in [3.8, 4) is 6.07 Å². The number of hydrogen-bond acceptors (Lipinski definition) is 1. The highest BCUT2D eigenvalue weighted by Crippen LogP contribution is 2.12. The summed E-state index contributed by atoms with van der Waals surface area (Å²) >= 11 is 0. The van der Waals surface area contributed by atoms with E-state index in [1.165, 1.54) is 11.1 Å². The molecule has 0 aliphatic rings. The van der Waals surface area contributed by atoms with Gasteiger partial charge in [-0.3, -0.25) is 0 Å². The molecule has 0 aliphatic heterocycles. The van der Waals surface area contributed by atoms with Gasteiger partial charge in [0.15, 0.2) is 12.7 Å². The molecular formula is C18H15BrN2. The molecule has 3 heteroatoms. The Kier molecular flexibility index (Phi) is 4.72. The lowest BCUT2D eigenvalue weighted by molar-refractivity contribution is -0.662. The second-order valence-corrected chi connectivity index (χ2v) is 5.01. The highest BCUT2D eigenvalue weighted by molar-refractivity contribution is 5.76. The number of pyridine rings is 1. The van der Waals surface area contributed by atoms with Crippen molar-refractivity contribution in [3.63, 3.8) is 0 Å². The first kappa shape index (κ1) is 15.2. The Balaban J connectivity index is 0.00000161. The van der Waals surface area contributed by atoms with Gasteiger partial charge in [-0.05, 0) is 19.1 Å². The number of halogens is 1. The molecule has 0 radical (unpaired) electrons. The topological polar surface area (TPSA) is 27.7 Å². The summed E-state index contributed by atoms with van der Waals surface area (Å²) in [5.74, 6) is 0. The van der Waals surface area contributed by atoms with Gasteiger partial charge < -0.3 is 17.0 Å². The molecule has 2 nitrogen and oxygen atoms in total. The molecule has 1 aromatic heterocycles. The quantitative estimate of drug-likeness (QED) is 0.620. The van der Waals surface area contributed by atoms with Crippen LogP contribution in [0.2, 0.25) is 0 Å². The molecule has 2 aromatic carbocycles. The zero-order valence-electron chi connectivity index (χ0n) is 11.8. The third kappa shape index (κ3) is 3.29. The summed E-state index contributed by atoms with van der Waals surface area (Å²) in [7, 11) is 0. The van der Waals surface area contributed by atoms with Crippen LogP contribution in [0, 0.1) is 18.3 Å². The maximum atomic E-state index is 9.16. The van der Waals surface area contributed by atoms with Gasteiger partial charge in [-0.15, -0.1) is 0 Å². The smallest absolute Gasteiger partial charge is 0.212 e. The molecular weight excluding hydrogens is 324 g/mol. The maximum absolute atomic E-state index is 9.16. The monoisotopic (exact) mass is 338 g/mol. The van der Waals surface area contributed by atoms with E-state index in [9.17, 15) is 0 Å². The molecule has 104 valence electrons. The molecule has 0 aliphatic carbocycles. The summed E-state index contributed by atoms with van der Waals surface area (Å²) < 4.78 is 2.14. The van der Waals surface area contributed by atoms with Crippen LogP contribution in [0.3, 0.4) is 0 Å². The van der Waals surface area contributed by atoms with Crippen molar-refractivity contribution in [1.29, 1.82) is 5.26 Å². The third-order valence-electron chi connectivity index (χ3n) is 3.45. The van der Waals surface area contributed by atoms with Crippen LogP contribution in [0.1, 0.15) is 16.7 Å². The molecule has 0 amide bonds. The van der Waals surface area contributed by atoms with Gasteiger partial charge in [0.25, 0.3) is 0 Å². The summed E-state index contributed by atoms with van der Waals surface area (Å²) in [5, 5.41) is 10.3. The molecule has 0 unspecified atom stereocenters. The zero-order valence-corrected chi connectivity index (χ0v) is 13.3. The molecule has 0 atom stereocenters. The van der Waals surface area contributed by atoms with Gasteiger partial charge >= 0.3 is 0 Å². The van der Waals surface area contributed by atoms with E-state index in [1.54, 1.807) is 0 Å². The molecule has 0 fully saturated rings. The Morgan fingerprint density at radius 2 is 1.76 bits per heavy atom. The van der Waals surface area contributed by atoms with Crippen molar-refractivity contribution in [2.45, 2.75) is 13.5 Å². The lowest BCUT2D eigenvalue weighted by Crippen LogP contribution is -3.00. The minimum Gasteiger partial charge on any atom is -1.00 e. The molecule has 3 rings (SSSR count). The van der Waals surface area contributed by atoms with Crippen LogP contribution < -0.4 is 21.5 Å². The molecule has 0 spiro atoms. The Labute approximate surface area is 135 Å². The third-order valence-corrected chi connectivity index (χ3v) is 3.45. The average molecular weight is 339 g/mol. The maximum Gasteiger partial charge on any atom is 0.212 e. The molecule has 0 saturated heterocycles. The average Bonchev–Trinajstić information content (AvgIpc) is 2.49. The van der Waals surface area contributed by atoms with E-state index in [0.717, 1.165) is 17.4 Å². The Bertz CT molecular complexity index is 802. The Morgan fingerprint density at radius 3 is 2.48 bits per heavy atom. The van der Waals surface area contributed by atoms with Gasteiger partial charge in [0.05, 0.1) is 0 Å². The number of rotatable bonds is 2. The molecule has 0 saturated carbocycles. The lowest BCUT2D eigenvalue weighted by atomic mass is 10.1. The van der Waals surface area contributed by atoms with Crippen LogP contribution in [0.4, 0.5) is 0 Å². The summed E-state index contributed by atoms with van der Waals surface area (Å²) in [6.07, 6.45) is 1.92. The molecule has 1 heterocycles. The number of hydrogen-bond donors (Lipinski definition) is 0. The number of fused-ring (bicyclic) bond motifs is 1. The highest BCUT2D eigenvalue weighted by atomic mass is 79.9. The standard InChI is InChI=1S/C18H15N2.BrH/c1-14-6-8-15(9-7-14)12-20-13-16(11-19)10-17-4-2-3-5-18(17)20;/h2-10,13H,12H2,1H3;1H/q+1;/p-1. The fourth-order valence-corrected chi connectivity index (χ4v) is 2.40. The van der Waals surface area contributed by atoms with Crippen molar-refractivity contribution >= 4 is 10.9 Å². The number of nitriles is 1. The fraction of sp³-hybridized carbons (Fsp3) is 0.111. The van der Waals surface area contributed by atoms with E-state index < -0.39 is 0 Å². The van der Waals surface area contributed by atoms with Crippen molar-refractivity contribution in [2.24, 2.45) is 0 Å². The lowest BCUT2D eigenvalue weighted by Gasteiger charge is -2.03. The van der Waals surface area contributed by atoms with E-state index in [2.05, 4.69) is 47.9 Å². The minimum absolute atomic E-state index is 0. The predicted molar refractivity (Wildman–Crippen MR) is 79.1 cm³/mol. The highest BCUT2D eigenvalue weighted by Gasteiger charge is 2.11. The minimum atomic E-state index is 0. The number of para-hydroxylation sites is 1. The van der Waals surface area contributed by atoms with E-state index in [0.29, 0.717) is 5.56 Å². The largest absolute Gasteiger partial charge is 1.00 e. The zero-order chi connectivity index (χ0) is 13.9. The van der Waals surface area contributed by atoms with Crippen molar-refractivity contribution in [2.75, 3.05) is 0 Å². The second kappa shape index (κ2) is 6.51. The van der Waals surface area contributed by atoms with Crippen LogP contribution in [0.15, 0.2) is 60.8 Å². The SMILES string of the molecule is Cc1ccc(C[n+]2cc(C#N)cc3ccccc32)cc1.[Br-]. The number of aryl methyl sites for hydroxylation is 1. The van der Waals surface area contributed by atoms with Crippen LogP contribution in [-0.2, 0) is 6.54 Å². The predicted octanol–water partition coefficient (Wildman–Crippen LogP) is 0.360. The molecule has 21 heavy (non-hydrogen) atoms. The van der Waals surface area contributed by atoms with E-state index in [1.807, 2.05) is 30.5 Å². The summed E-state index contributed by atoms with van der Waals surface area (Å²) in [4.78, 5) is 0. The summed E-state index contributed by atoms with van der Waals surface area (Å²) in [5.41, 5.74) is 4.33. The Morgan fingerprint density at radius 1 is 1.05 bits per heavy atom. The first-order valence-corrected chi connectivity index (χ1v) is 6.64. The Hall–Kier alpha value is -2.18. The van der Waals surface area contributed by atoms with E-state index in [-0.39, 0.29) is 17.0 Å². The number of benzene rings is 2. The van der Waals surface area contributed by atoms with Crippen LogP contribution in [0.5, 0.6) is 0 Å². The first-order chi connectivity index (χ1) is 9.76. The number of nitrogens with zero attached hydrogens (tertiary/aromatic N) is 2. The van der Waals surface area contributed by atoms with Crippen molar-refractivity contribution in [1.82, 2.24) is 0 Å². The molecule has 0 N–H and O–H groups in total. The molecule has 3 aromatic rings. The summed E-state index contributed by atoms with van der Waals surface area (Å²) in [6.45, 7) is 2.86. The van der Waals surface area contributed by atoms with Gasteiger partial charge in [0.1, 0.15) is 11.6 Å². The van der Waals surface area contributed by atoms with Crippen LogP contribution in [-0.4, -0.2) is 0 Å². The molecule has 0 bridgehead atoms. The first-order valence-electron chi connectivity index (χ1n) is 6.64. The van der Waals surface area contributed by atoms with Crippen LogP contribution in [0.25, 0.3) is 10.9 Å². The van der Waals surface area contributed by atoms with E-state index in [4.69, 9.17) is 5.26 Å². The number of aromatic nitrogens is 1.